The molecular formula is C17H30IN5. The van der Waals surface area contributed by atoms with Crippen LogP contribution in [0.15, 0.2) is 29.4 Å². The molecule has 1 aromatic heterocycles. The second-order valence-corrected chi connectivity index (χ2v) is 6.04. The number of nitrogens with one attached hydrogen (secondary N) is 2. The average Bonchev–Trinajstić information content (AvgIpc) is 2.54. The Kier molecular flexibility index (Phi) is 10.2. The van der Waals surface area contributed by atoms with Gasteiger partial charge in [0.25, 0.3) is 0 Å². The number of likely N-dealkylation sites (tertiary alicyclic amines) is 1. The summed E-state index contributed by atoms with van der Waals surface area (Å²) in [6.07, 6.45) is 5.45. The van der Waals surface area contributed by atoms with Gasteiger partial charge < -0.3 is 15.5 Å². The molecule has 0 aliphatic carbocycles. The van der Waals surface area contributed by atoms with Gasteiger partial charge in [0.15, 0.2) is 5.96 Å². The van der Waals surface area contributed by atoms with Crippen LogP contribution in [-0.2, 0) is 6.42 Å². The highest BCUT2D eigenvalue weighted by Crippen LogP contribution is 2.14. The van der Waals surface area contributed by atoms with Crippen molar-refractivity contribution < 1.29 is 0 Å². The number of aliphatic imine (C=N–C) groups is 1. The molecule has 23 heavy (non-hydrogen) atoms. The first kappa shape index (κ1) is 20.2. The van der Waals surface area contributed by atoms with Gasteiger partial charge in [-0.25, -0.2) is 0 Å². The molecule has 1 aliphatic heterocycles. The lowest BCUT2D eigenvalue weighted by Crippen LogP contribution is -2.44. The Hall–Kier alpha value is -0.890. The second kappa shape index (κ2) is 11.6. The van der Waals surface area contributed by atoms with Crippen molar-refractivity contribution in [2.45, 2.75) is 26.2 Å². The van der Waals surface area contributed by atoms with Crippen LogP contribution in [0.1, 0.15) is 25.5 Å². The van der Waals surface area contributed by atoms with Gasteiger partial charge >= 0.3 is 0 Å². The third-order valence-electron chi connectivity index (χ3n) is 4.08. The van der Waals surface area contributed by atoms with E-state index in [0.717, 1.165) is 43.6 Å². The maximum absolute atomic E-state index is 4.32. The topological polar surface area (TPSA) is 52.6 Å². The van der Waals surface area contributed by atoms with Gasteiger partial charge in [0.2, 0.25) is 0 Å². The zero-order chi connectivity index (χ0) is 15.6. The van der Waals surface area contributed by atoms with E-state index in [4.69, 9.17) is 0 Å². The van der Waals surface area contributed by atoms with Crippen LogP contribution in [0.3, 0.4) is 0 Å². The summed E-state index contributed by atoms with van der Waals surface area (Å²) in [7, 11) is 1.82. The van der Waals surface area contributed by atoms with E-state index >= 15 is 0 Å². The molecule has 1 atom stereocenters. The molecular weight excluding hydrogens is 401 g/mol. The van der Waals surface area contributed by atoms with Crippen molar-refractivity contribution in [2.75, 3.05) is 39.8 Å². The van der Waals surface area contributed by atoms with Crippen LogP contribution in [0.5, 0.6) is 0 Å². The molecule has 0 spiro atoms. The summed E-state index contributed by atoms with van der Waals surface area (Å²) in [6, 6.07) is 6.02. The van der Waals surface area contributed by atoms with Crippen molar-refractivity contribution in [3.8, 4) is 0 Å². The molecule has 0 radical (unpaired) electrons. The first-order valence-electron chi connectivity index (χ1n) is 8.34. The smallest absolute Gasteiger partial charge is 0.191 e. The van der Waals surface area contributed by atoms with E-state index in [1.54, 1.807) is 0 Å². The predicted molar refractivity (Wildman–Crippen MR) is 108 cm³/mol. The third kappa shape index (κ3) is 7.97. The number of nitrogens with zero attached hydrogens (tertiary/aromatic N) is 3. The number of hydrogen-bond acceptors (Lipinski definition) is 3. The zero-order valence-electron chi connectivity index (χ0n) is 14.3. The second-order valence-electron chi connectivity index (χ2n) is 6.04. The Morgan fingerprint density at radius 1 is 1.35 bits per heavy atom. The van der Waals surface area contributed by atoms with Gasteiger partial charge in [-0.05, 0) is 37.4 Å². The van der Waals surface area contributed by atoms with Crippen LogP contribution in [0.4, 0.5) is 0 Å². The van der Waals surface area contributed by atoms with Crippen molar-refractivity contribution in [2.24, 2.45) is 10.9 Å². The summed E-state index contributed by atoms with van der Waals surface area (Å²) in [5.41, 5.74) is 1.10. The lowest BCUT2D eigenvalue weighted by molar-refractivity contribution is 0.187. The summed E-state index contributed by atoms with van der Waals surface area (Å²) < 4.78 is 0. The average molecular weight is 431 g/mol. The normalized spacial score (nSPS) is 19.0. The van der Waals surface area contributed by atoms with Gasteiger partial charge in [-0.1, -0.05) is 13.0 Å². The van der Waals surface area contributed by atoms with Gasteiger partial charge in [-0.2, -0.15) is 0 Å². The largest absolute Gasteiger partial charge is 0.356 e. The minimum atomic E-state index is 0. The van der Waals surface area contributed by atoms with Gasteiger partial charge in [-0.3, -0.25) is 9.98 Å². The molecule has 5 nitrogen and oxygen atoms in total. The van der Waals surface area contributed by atoms with Crippen LogP contribution in [-0.4, -0.2) is 55.6 Å². The molecule has 2 N–H and O–H groups in total. The molecule has 1 aliphatic rings. The van der Waals surface area contributed by atoms with Gasteiger partial charge in [-0.15, -0.1) is 24.0 Å². The monoisotopic (exact) mass is 431 g/mol. The first-order valence-corrected chi connectivity index (χ1v) is 8.34. The van der Waals surface area contributed by atoms with Crippen molar-refractivity contribution >= 4 is 29.9 Å². The highest BCUT2D eigenvalue weighted by Gasteiger charge is 2.15. The Balaban J connectivity index is 0.00000264. The highest BCUT2D eigenvalue weighted by atomic mass is 127. The summed E-state index contributed by atoms with van der Waals surface area (Å²) in [4.78, 5) is 11.1. The Morgan fingerprint density at radius 2 is 2.17 bits per heavy atom. The highest BCUT2D eigenvalue weighted by molar-refractivity contribution is 14.0. The SMILES string of the molecule is CN=C(NCCc1ccccn1)NCCN1CCCC(C)C1.I. The number of piperidine rings is 1. The summed E-state index contributed by atoms with van der Waals surface area (Å²) >= 11 is 0. The molecule has 2 heterocycles. The number of hydrogen-bond donors (Lipinski definition) is 2. The van der Waals surface area contributed by atoms with E-state index in [1.165, 1.54) is 25.9 Å². The van der Waals surface area contributed by atoms with E-state index in [0.29, 0.717) is 0 Å². The minimum Gasteiger partial charge on any atom is -0.356 e. The van der Waals surface area contributed by atoms with E-state index in [2.05, 4.69) is 38.5 Å². The van der Waals surface area contributed by atoms with Crippen molar-refractivity contribution in [3.63, 3.8) is 0 Å². The molecule has 1 fully saturated rings. The van der Waals surface area contributed by atoms with E-state index in [9.17, 15) is 0 Å². The van der Waals surface area contributed by atoms with Gasteiger partial charge in [0.05, 0.1) is 0 Å². The number of halogens is 1. The molecule has 1 saturated heterocycles. The molecule has 0 amide bonds. The van der Waals surface area contributed by atoms with Gasteiger partial charge in [0, 0.05) is 51.5 Å². The van der Waals surface area contributed by atoms with Crippen LogP contribution < -0.4 is 10.6 Å². The Labute approximate surface area is 157 Å². The maximum Gasteiger partial charge on any atom is 0.191 e. The fourth-order valence-electron chi connectivity index (χ4n) is 2.90. The Morgan fingerprint density at radius 3 is 2.87 bits per heavy atom. The lowest BCUT2D eigenvalue weighted by atomic mass is 10.0. The number of rotatable bonds is 6. The molecule has 6 heteroatoms. The first-order chi connectivity index (χ1) is 10.8. The van der Waals surface area contributed by atoms with Crippen molar-refractivity contribution in [1.82, 2.24) is 20.5 Å². The van der Waals surface area contributed by atoms with Crippen LogP contribution in [0.2, 0.25) is 0 Å². The number of aromatic nitrogens is 1. The summed E-state index contributed by atoms with van der Waals surface area (Å²) in [5, 5.41) is 6.74. The quantitative estimate of drug-likeness (QED) is 0.412. The molecule has 1 aromatic rings. The van der Waals surface area contributed by atoms with Crippen LogP contribution in [0, 0.1) is 5.92 Å². The fraction of sp³-hybridized carbons (Fsp3) is 0.647. The van der Waals surface area contributed by atoms with Crippen LogP contribution in [0.25, 0.3) is 0 Å². The van der Waals surface area contributed by atoms with E-state index in [-0.39, 0.29) is 24.0 Å². The molecule has 2 rings (SSSR count). The zero-order valence-corrected chi connectivity index (χ0v) is 16.6. The lowest BCUT2D eigenvalue weighted by Gasteiger charge is -2.30. The number of pyridine rings is 1. The van der Waals surface area contributed by atoms with E-state index in [1.807, 2.05) is 25.4 Å². The molecule has 130 valence electrons. The van der Waals surface area contributed by atoms with Crippen LogP contribution >= 0.6 is 24.0 Å². The van der Waals surface area contributed by atoms with Gasteiger partial charge in [0.1, 0.15) is 0 Å². The van der Waals surface area contributed by atoms with Crippen molar-refractivity contribution in [3.05, 3.63) is 30.1 Å². The number of guanidine groups is 1. The summed E-state index contributed by atoms with van der Waals surface area (Å²) in [5.74, 6) is 1.71. The predicted octanol–water partition coefficient (Wildman–Crippen LogP) is 2.14. The molecule has 0 bridgehead atoms. The molecule has 0 saturated carbocycles. The summed E-state index contributed by atoms with van der Waals surface area (Å²) in [6.45, 7) is 7.68. The maximum atomic E-state index is 4.32. The Bertz CT molecular complexity index is 452. The third-order valence-corrected chi connectivity index (χ3v) is 4.08. The van der Waals surface area contributed by atoms with E-state index < -0.39 is 0 Å². The molecule has 0 aromatic carbocycles. The minimum absolute atomic E-state index is 0. The van der Waals surface area contributed by atoms with Crippen molar-refractivity contribution in [1.29, 1.82) is 0 Å². The standard InChI is InChI=1S/C17H29N5.HI/c1-15-6-5-12-22(14-15)13-11-21-17(18-2)20-10-8-16-7-3-4-9-19-16;/h3-4,7,9,15H,5-6,8,10-14H2,1-2H3,(H2,18,20,21);1H. The molecule has 1 unspecified atom stereocenters. The fourth-order valence-corrected chi connectivity index (χ4v) is 2.90.